The maximum Gasteiger partial charge on any atom is 0.262 e. The van der Waals surface area contributed by atoms with Gasteiger partial charge in [-0.1, -0.05) is 0 Å². The molecule has 2 aliphatic heterocycles. The number of hydrogen-bond acceptors (Lipinski definition) is 3. The van der Waals surface area contributed by atoms with Gasteiger partial charge >= 0.3 is 0 Å². The second-order valence-electron chi connectivity index (χ2n) is 5.42. The summed E-state index contributed by atoms with van der Waals surface area (Å²) in [5.74, 6) is -1.14. The third-order valence-electron chi connectivity index (χ3n) is 3.99. The topological polar surface area (TPSA) is 66.6 Å². The monoisotopic (exact) mass is 257 g/mol. The summed E-state index contributed by atoms with van der Waals surface area (Å²) >= 11 is 0. The summed E-state index contributed by atoms with van der Waals surface area (Å²) in [6.45, 7) is 4.35. The molecule has 0 unspecified atom stereocenters. The summed E-state index contributed by atoms with van der Waals surface area (Å²) in [6, 6.07) is -0.00895. The Balaban J connectivity index is 2.19. The average molecular weight is 257 g/mol. The van der Waals surface area contributed by atoms with Crippen LogP contribution in [0, 0.1) is 5.92 Å². The van der Waals surface area contributed by atoms with Gasteiger partial charge in [-0.3, -0.25) is 9.59 Å². The van der Waals surface area contributed by atoms with Gasteiger partial charge in [0, 0.05) is 25.0 Å². The van der Waals surface area contributed by atoms with E-state index in [4.69, 9.17) is 5.73 Å². The number of alkyl halides is 1. The van der Waals surface area contributed by atoms with Crippen LogP contribution in [0.4, 0.5) is 4.39 Å². The molecule has 2 amide bonds. The van der Waals surface area contributed by atoms with Crippen molar-refractivity contribution >= 4 is 11.8 Å². The molecule has 0 radical (unpaired) electrons. The van der Waals surface area contributed by atoms with Gasteiger partial charge in [0.05, 0.1) is 13.1 Å². The summed E-state index contributed by atoms with van der Waals surface area (Å²) < 4.78 is 14.9. The summed E-state index contributed by atoms with van der Waals surface area (Å²) in [4.78, 5) is 26.7. The molecule has 0 aliphatic carbocycles. The van der Waals surface area contributed by atoms with Gasteiger partial charge in [-0.25, -0.2) is 4.39 Å². The Kier molecular flexibility index (Phi) is 3.31. The number of nitrogens with two attached hydrogens (primary N) is 1. The van der Waals surface area contributed by atoms with E-state index in [1.165, 1.54) is 4.90 Å². The van der Waals surface area contributed by atoms with E-state index in [0.29, 0.717) is 19.5 Å². The van der Waals surface area contributed by atoms with Crippen LogP contribution in [-0.2, 0) is 9.59 Å². The van der Waals surface area contributed by atoms with E-state index in [-0.39, 0.29) is 31.0 Å². The first-order chi connectivity index (χ1) is 8.40. The Hall–Kier alpha value is -1.17. The number of amides is 2. The number of fused-ring (bicyclic) bond motifs is 1. The first-order valence-electron chi connectivity index (χ1n) is 6.38. The highest BCUT2D eigenvalue weighted by atomic mass is 19.1. The van der Waals surface area contributed by atoms with Crippen LogP contribution in [0.15, 0.2) is 0 Å². The predicted octanol–water partition coefficient (Wildman–Crippen LogP) is -0.247. The Bertz CT molecular complexity index is 374. The molecular weight excluding hydrogens is 237 g/mol. The normalized spacial score (nSPS) is 32.1. The summed E-state index contributed by atoms with van der Waals surface area (Å²) in [5.41, 5.74) is 3.38. The number of carbonyl (C=O) groups excluding carboxylic acids is 2. The minimum Gasteiger partial charge on any atom is -0.337 e. The SMILES string of the molecule is CC(C)N1CC[C@@H]2CN(C(=O)CN)C[C@@]2(F)C1=O. The lowest BCUT2D eigenvalue weighted by Gasteiger charge is -2.39. The van der Waals surface area contributed by atoms with E-state index in [2.05, 4.69) is 0 Å². The van der Waals surface area contributed by atoms with Gasteiger partial charge in [0.15, 0.2) is 0 Å². The van der Waals surface area contributed by atoms with Crippen LogP contribution in [0.5, 0.6) is 0 Å². The molecule has 0 aromatic carbocycles. The van der Waals surface area contributed by atoms with Crippen LogP contribution < -0.4 is 5.73 Å². The number of carbonyl (C=O) groups is 2. The van der Waals surface area contributed by atoms with E-state index in [9.17, 15) is 14.0 Å². The molecule has 18 heavy (non-hydrogen) atoms. The zero-order valence-electron chi connectivity index (χ0n) is 10.9. The number of nitrogens with zero attached hydrogens (tertiary/aromatic N) is 2. The van der Waals surface area contributed by atoms with Crippen LogP contribution >= 0.6 is 0 Å². The third-order valence-corrected chi connectivity index (χ3v) is 3.99. The minimum absolute atomic E-state index is 0.00895. The summed E-state index contributed by atoms with van der Waals surface area (Å²) in [5, 5.41) is 0. The fourth-order valence-corrected chi connectivity index (χ4v) is 2.89. The van der Waals surface area contributed by atoms with Crippen molar-refractivity contribution in [3.63, 3.8) is 0 Å². The molecular formula is C12H20FN3O2. The molecule has 0 saturated carbocycles. The van der Waals surface area contributed by atoms with Crippen molar-refractivity contribution in [3.8, 4) is 0 Å². The number of rotatable bonds is 2. The first-order valence-corrected chi connectivity index (χ1v) is 6.38. The van der Waals surface area contributed by atoms with Gasteiger partial charge in [0.25, 0.3) is 5.91 Å². The van der Waals surface area contributed by atoms with Gasteiger partial charge in [-0.2, -0.15) is 0 Å². The van der Waals surface area contributed by atoms with Crippen molar-refractivity contribution < 1.29 is 14.0 Å². The zero-order valence-corrected chi connectivity index (χ0v) is 10.9. The van der Waals surface area contributed by atoms with Gasteiger partial charge in [-0.05, 0) is 20.3 Å². The first kappa shape index (κ1) is 13.3. The molecule has 2 atom stereocenters. The van der Waals surface area contributed by atoms with Crippen molar-refractivity contribution in [2.45, 2.75) is 32.0 Å². The van der Waals surface area contributed by atoms with Crippen LogP contribution in [0.3, 0.4) is 0 Å². The Labute approximate surface area is 106 Å². The fraction of sp³-hybridized carbons (Fsp3) is 0.833. The summed E-state index contributed by atoms with van der Waals surface area (Å²) in [7, 11) is 0. The van der Waals surface area contributed by atoms with Crippen LogP contribution in [-0.4, -0.2) is 59.5 Å². The average Bonchev–Trinajstić information content (AvgIpc) is 2.67. The molecule has 0 aromatic heterocycles. The number of piperidine rings is 1. The lowest BCUT2D eigenvalue weighted by Crippen LogP contribution is -2.57. The molecule has 2 heterocycles. The van der Waals surface area contributed by atoms with Crippen LogP contribution in [0.1, 0.15) is 20.3 Å². The molecule has 0 bridgehead atoms. The van der Waals surface area contributed by atoms with Crippen LogP contribution in [0.25, 0.3) is 0 Å². The Morgan fingerprint density at radius 2 is 2.28 bits per heavy atom. The lowest BCUT2D eigenvalue weighted by atomic mass is 9.84. The van der Waals surface area contributed by atoms with Crippen LogP contribution in [0.2, 0.25) is 0 Å². The van der Waals surface area contributed by atoms with Gasteiger partial charge in [-0.15, -0.1) is 0 Å². The van der Waals surface area contributed by atoms with E-state index in [1.54, 1.807) is 4.90 Å². The number of halogens is 1. The van der Waals surface area contributed by atoms with Gasteiger partial charge in [0.2, 0.25) is 11.6 Å². The van der Waals surface area contributed by atoms with Crippen molar-refractivity contribution in [3.05, 3.63) is 0 Å². The van der Waals surface area contributed by atoms with Gasteiger partial charge < -0.3 is 15.5 Å². The number of hydrogen-bond donors (Lipinski definition) is 1. The molecule has 0 spiro atoms. The predicted molar refractivity (Wildman–Crippen MR) is 64.4 cm³/mol. The highest BCUT2D eigenvalue weighted by Crippen LogP contribution is 2.39. The molecule has 2 rings (SSSR count). The largest absolute Gasteiger partial charge is 0.337 e. The molecule has 6 heteroatoms. The van der Waals surface area contributed by atoms with Crippen molar-refractivity contribution in [2.75, 3.05) is 26.2 Å². The zero-order chi connectivity index (χ0) is 13.5. The number of likely N-dealkylation sites (tertiary alicyclic amines) is 2. The molecule has 2 fully saturated rings. The van der Waals surface area contributed by atoms with E-state index in [1.807, 2.05) is 13.8 Å². The molecule has 0 aromatic rings. The molecule has 2 aliphatic rings. The fourth-order valence-electron chi connectivity index (χ4n) is 2.89. The quantitative estimate of drug-likeness (QED) is 0.742. The Morgan fingerprint density at radius 1 is 1.61 bits per heavy atom. The third kappa shape index (κ3) is 1.88. The second-order valence-corrected chi connectivity index (χ2v) is 5.42. The van der Waals surface area contributed by atoms with Crippen molar-refractivity contribution in [2.24, 2.45) is 11.7 Å². The van der Waals surface area contributed by atoms with E-state index < -0.39 is 11.6 Å². The molecule has 2 N–H and O–H groups in total. The minimum atomic E-state index is -1.91. The Morgan fingerprint density at radius 3 is 2.83 bits per heavy atom. The van der Waals surface area contributed by atoms with Gasteiger partial charge in [0.1, 0.15) is 0 Å². The standard InChI is InChI=1S/C12H20FN3O2/c1-8(2)16-4-3-9-6-15(10(17)5-14)7-12(9,13)11(16)18/h8-9H,3-7,14H2,1-2H3/t9-,12+/m1/s1. The highest BCUT2D eigenvalue weighted by Gasteiger charge is 2.57. The summed E-state index contributed by atoms with van der Waals surface area (Å²) in [6.07, 6.45) is 0.606. The molecule has 2 saturated heterocycles. The van der Waals surface area contributed by atoms with E-state index in [0.717, 1.165) is 0 Å². The second kappa shape index (κ2) is 4.50. The molecule has 102 valence electrons. The maximum absolute atomic E-state index is 14.9. The highest BCUT2D eigenvalue weighted by molar-refractivity contribution is 5.89. The smallest absolute Gasteiger partial charge is 0.262 e. The maximum atomic E-state index is 14.9. The van der Waals surface area contributed by atoms with Crippen molar-refractivity contribution in [1.82, 2.24) is 9.80 Å². The molecule has 5 nitrogen and oxygen atoms in total. The van der Waals surface area contributed by atoms with E-state index >= 15 is 0 Å². The lowest BCUT2D eigenvalue weighted by molar-refractivity contribution is -0.152. The van der Waals surface area contributed by atoms with Crippen molar-refractivity contribution in [1.29, 1.82) is 0 Å².